The first-order valence-electron chi connectivity index (χ1n) is 8.88. The van der Waals surface area contributed by atoms with Crippen molar-refractivity contribution in [1.82, 2.24) is 14.5 Å². The molecule has 0 saturated carbocycles. The molecule has 0 saturated heterocycles. The minimum absolute atomic E-state index is 0.0782. The second kappa shape index (κ2) is 9.78. The van der Waals surface area contributed by atoms with E-state index in [4.69, 9.17) is 22.3 Å². The van der Waals surface area contributed by atoms with Crippen LogP contribution >= 0.6 is 0 Å². The highest BCUT2D eigenvalue weighted by molar-refractivity contribution is 7.79. The number of hydrogen-bond acceptors (Lipinski definition) is 8. The number of aromatic nitrogens is 2. The van der Waals surface area contributed by atoms with Crippen LogP contribution in [0.15, 0.2) is 30.0 Å². The van der Waals surface area contributed by atoms with Gasteiger partial charge in [-0.25, -0.2) is 9.55 Å². The first kappa shape index (κ1) is 24.1. The number of nitro groups is 1. The molecule has 13 heteroatoms. The van der Waals surface area contributed by atoms with Crippen LogP contribution in [0.3, 0.4) is 0 Å². The van der Waals surface area contributed by atoms with Gasteiger partial charge < -0.3 is 19.8 Å². The number of allylic oxidation sites excluding steroid dienone is 1. The van der Waals surface area contributed by atoms with Gasteiger partial charge in [-0.2, -0.15) is 8.42 Å². The lowest BCUT2D eigenvalue weighted by atomic mass is 10.1. The number of likely N-dealkylation sites (N-methyl/N-ethyl adjacent to an activating group) is 1. The summed E-state index contributed by atoms with van der Waals surface area (Å²) in [4.78, 5) is 29.1. The standard InChI is InChI=1S/C18H20N4O4.H2O4S/c1-20(2)6-7-26-14-4-5-15-12(9-14)8-13(18(15)23)10-16-19-11-17(21(16)3)22(24)25;1-5(2,3)4/h4-5,9-11H,6-8H2,1-3H3;(H2,1,2,3,4)/b13-10-;. The van der Waals surface area contributed by atoms with E-state index in [-0.39, 0.29) is 11.6 Å². The number of imidazole rings is 1. The Morgan fingerprint density at radius 2 is 2.00 bits per heavy atom. The first-order chi connectivity index (χ1) is 14.4. The molecule has 1 aromatic heterocycles. The van der Waals surface area contributed by atoms with Gasteiger partial charge in [0.05, 0.1) is 7.05 Å². The van der Waals surface area contributed by atoms with Crippen LogP contribution in [0, 0.1) is 10.1 Å². The Bertz CT molecular complexity index is 1110. The van der Waals surface area contributed by atoms with Crippen LogP contribution in [0.4, 0.5) is 5.82 Å². The molecule has 168 valence electrons. The van der Waals surface area contributed by atoms with Gasteiger partial charge in [0, 0.05) is 30.2 Å². The summed E-state index contributed by atoms with van der Waals surface area (Å²) in [6, 6.07) is 5.44. The molecular weight excluding hydrogens is 432 g/mol. The molecule has 0 spiro atoms. The molecular formula is C18H22N4O8S. The van der Waals surface area contributed by atoms with E-state index in [1.165, 1.54) is 10.8 Å². The van der Waals surface area contributed by atoms with Crippen molar-refractivity contribution < 1.29 is 32.0 Å². The minimum Gasteiger partial charge on any atom is -0.492 e. The quantitative estimate of drug-likeness (QED) is 0.282. The molecule has 0 fully saturated rings. The normalized spacial score (nSPS) is 14.4. The number of fused-ring (bicyclic) bond motifs is 1. The van der Waals surface area contributed by atoms with E-state index in [9.17, 15) is 14.9 Å². The van der Waals surface area contributed by atoms with Crippen LogP contribution in [0.5, 0.6) is 5.75 Å². The lowest BCUT2D eigenvalue weighted by Crippen LogP contribution is -2.19. The molecule has 12 nitrogen and oxygen atoms in total. The molecule has 3 rings (SSSR count). The number of carbonyl (C=O) groups is 1. The van der Waals surface area contributed by atoms with Crippen LogP contribution in [0.25, 0.3) is 6.08 Å². The van der Waals surface area contributed by atoms with Crippen LogP contribution in [0.2, 0.25) is 0 Å². The topological polar surface area (TPSA) is 165 Å². The van der Waals surface area contributed by atoms with Crippen LogP contribution < -0.4 is 4.74 Å². The maximum atomic E-state index is 12.6. The predicted molar refractivity (Wildman–Crippen MR) is 111 cm³/mol. The highest BCUT2D eigenvalue weighted by atomic mass is 32.3. The third-order valence-corrected chi connectivity index (χ3v) is 4.29. The Balaban J connectivity index is 0.000000614. The fourth-order valence-electron chi connectivity index (χ4n) is 2.82. The zero-order chi connectivity index (χ0) is 23.3. The Kier molecular flexibility index (Phi) is 7.62. The molecule has 1 aromatic carbocycles. The molecule has 0 bridgehead atoms. The SMILES string of the molecule is CN(C)CCOc1ccc2c(c1)C/C(=C/c1ncc([N+](=O)[O-])n1C)C2=O.O=S(=O)(O)O. The molecule has 1 heterocycles. The van der Waals surface area contributed by atoms with E-state index in [1.807, 2.05) is 25.1 Å². The monoisotopic (exact) mass is 454 g/mol. The average Bonchev–Trinajstić information content (AvgIpc) is 3.14. The summed E-state index contributed by atoms with van der Waals surface area (Å²) in [5.41, 5.74) is 2.10. The molecule has 2 aromatic rings. The highest BCUT2D eigenvalue weighted by Crippen LogP contribution is 2.31. The van der Waals surface area contributed by atoms with Crippen molar-refractivity contribution in [3.05, 3.63) is 57.0 Å². The maximum Gasteiger partial charge on any atom is 0.394 e. The summed E-state index contributed by atoms with van der Waals surface area (Å²) in [6.07, 6.45) is 3.26. The smallest absolute Gasteiger partial charge is 0.394 e. The van der Waals surface area contributed by atoms with Gasteiger partial charge in [0.1, 0.15) is 18.6 Å². The van der Waals surface area contributed by atoms with E-state index in [0.717, 1.165) is 17.9 Å². The summed E-state index contributed by atoms with van der Waals surface area (Å²) >= 11 is 0. The number of ether oxygens (including phenoxy) is 1. The molecule has 1 aliphatic carbocycles. The molecule has 0 unspecified atom stereocenters. The second-order valence-corrected chi connectivity index (χ2v) is 7.78. The molecule has 0 atom stereocenters. The van der Waals surface area contributed by atoms with Crippen molar-refractivity contribution in [2.45, 2.75) is 6.42 Å². The second-order valence-electron chi connectivity index (χ2n) is 6.88. The number of carbonyl (C=O) groups excluding carboxylic acids is 1. The summed E-state index contributed by atoms with van der Waals surface area (Å²) in [5, 5.41) is 10.9. The van der Waals surface area contributed by atoms with Crippen molar-refractivity contribution in [1.29, 1.82) is 0 Å². The molecule has 31 heavy (non-hydrogen) atoms. The maximum absolute atomic E-state index is 12.6. The van der Waals surface area contributed by atoms with Crippen molar-refractivity contribution in [3.8, 4) is 5.75 Å². The third kappa shape index (κ3) is 6.96. The predicted octanol–water partition coefficient (Wildman–Crippen LogP) is 1.44. The first-order valence-corrected chi connectivity index (χ1v) is 10.3. The van der Waals surface area contributed by atoms with Crippen LogP contribution in [-0.2, 0) is 23.9 Å². The van der Waals surface area contributed by atoms with Gasteiger partial charge in [0.2, 0.25) is 5.82 Å². The number of Topliss-reactive ketones (excluding diaryl/α,β-unsaturated/α-hetero) is 1. The van der Waals surface area contributed by atoms with Gasteiger partial charge in [0.15, 0.2) is 5.78 Å². The summed E-state index contributed by atoms with van der Waals surface area (Å²) < 4.78 is 38.7. The summed E-state index contributed by atoms with van der Waals surface area (Å²) in [5.74, 6) is 0.921. The van der Waals surface area contributed by atoms with E-state index in [2.05, 4.69) is 4.98 Å². The lowest BCUT2D eigenvalue weighted by Gasteiger charge is -2.11. The number of nitrogens with zero attached hydrogens (tertiary/aromatic N) is 4. The van der Waals surface area contributed by atoms with Gasteiger partial charge >= 0.3 is 16.2 Å². The number of rotatable bonds is 6. The van der Waals surface area contributed by atoms with Crippen LogP contribution in [0.1, 0.15) is 21.7 Å². The number of hydrogen-bond donors (Lipinski definition) is 2. The minimum atomic E-state index is -4.67. The van der Waals surface area contributed by atoms with Gasteiger partial charge in [-0.05, 0) is 42.8 Å². The number of ketones is 1. The fourth-order valence-corrected chi connectivity index (χ4v) is 2.82. The Morgan fingerprint density at radius 3 is 2.55 bits per heavy atom. The molecule has 1 aliphatic rings. The largest absolute Gasteiger partial charge is 0.492 e. The van der Waals surface area contributed by atoms with Crippen molar-refractivity contribution in [3.63, 3.8) is 0 Å². The average molecular weight is 454 g/mol. The summed E-state index contributed by atoms with van der Waals surface area (Å²) in [6.45, 7) is 1.37. The number of benzene rings is 1. The highest BCUT2D eigenvalue weighted by Gasteiger charge is 2.27. The molecule has 0 radical (unpaired) electrons. The van der Waals surface area contributed by atoms with Crippen molar-refractivity contribution >= 4 is 28.1 Å². The van der Waals surface area contributed by atoms with Gasteiger partial charge in [-0.15, -0.1) is 0 Å². The zero-order valence-corrected chi connectivity index (χ0v) is 17.9. The Labute approximate surface area is 178 Å². The van der Waals surface area contributed by atoms with E-state index >= 15 is 0 Å². The van der Waals surface area contributed by atoms with Crippen LogP contribution in [-0.4, -0.2) is 69.9 Å². The van der Waals surface area contributed by atoms with Gasteiger partial charge in [0.25, 0.3) is 0 Å². The fraction of sp³-hybridized carbons (Fsp3) is 0.333. The molecule has 2 N–H and O–H groups in total. The lowest BCUT2D eigenvalue weighted by molar-refractivity contribution is -0.391. The van der Waals surface area contributed by atoms with E-state index < -0.39 is 15.3 Å². The van der Waals surface area contributed by atoms with Crippen molar-refractivity contribution in [2.24, 2.45) is 7.05 Å². The molecule has 0 aliphatic heterocycles. The van der Waals surface area contributed by atoms with E-state index in [0.29, 0.717) is 30.0 Å². The zero-order valence-electron chi connectivity index (χ0n) is 17.0. The van der Waals surface area contributed by atoms with Gasteiger partial charge in [-0.3, -0.25) is 13.9 Å². The Hall–Kier alpha value is -3.13. The van der Waals surface area contributed by atoms with Crippen molar-refractivity contribution in [2.75, 3.05) is 27.2 Å². The molecule has 0 amide bonds. The van der Waals surface area contributed by atoms with Gasteiger partial charge in [-0.1, -0.05) is 0 Å². The van der Waals surface area contributed by atoms with E-state index in [1.54, 1.807) is 25.3 Å². The summed E-state index contributed by atoms with van der Waals surface area (Å²) in [7, 11) is 0.842. The third-order valence-electron chi connectivity index (χ3n) is 4.29. The Morgan fingerprint density at radius 1 is 1.35 bits per heavy atom.